The van der Waals surface area contributed by atoms with E-state index in [0.717, 1.165) is 18.2 Å². The SMILES string of the molecule is CCCC[C@H](Sc1nc(=O)[nH]c(C)c1C(=O)OCC)C(=O)[O-]. The van der Waals surface area contributed by atoms with E-state index in [9.17, 15) is 19.5 Å². The zero-order valence-corrected chi connectivity index (χ0v) is 13.6. The van der Waals surface area contributed by atoms with Gasteiger partial charge in [-0.2, -0.15) is 4.98 Å². The van der Waals surface area contributed by atoms with E-state index in [-0.39, 0.29) is 17.2 Å². The molecule has 0 aliphatic carbocycles. The molecule has 0 bridgehead atoms. The lowest BCUT2D eigenvalue weighted by atomic mass is 10.2. The number of carbonyl (C=O) groups excluding carboxylic acids is 2. The summed E-state index contributed by atoms with van der Waals surface area (Å²) in [6.07, 6.45) is 1.90. The molecule has 0 unspecified atom stereocenters. The van der Waals surface area contributed by atoms with Gasteiger partial charge in [0.2, 0.25) is 0 Å². The summed E-state index contributed by atoms with van der Waals surface area (Å²) >= 11 is 0.852. The topological polar surface area (TPSA) is 112 Å². The fourth-order valence-corrected chi connectivity index (χ4v) is 2.98. The highest BCUT2D eigenvalue weighted by atomic mass is 32.2. The molecule has 8 heteroatoms. The first-order valence-electron chi connectivity index (χ1n) is 7.06. The van der Waals surface area contributed by atoms with Crippen molar-refractivity contribution in [2.75, 3.05) is 6.61 Å². The normalized spacial score (nSPS) is 12.0. The van der Waals surface area contributed by atoms with Crippen molar-refractivity contribution in [3.8, 4) is 0 Å². The number of carboxylic acids is 1. The van der Waals surface area contributed by atoms with Crippen LogP contribution in [-0.4, -0.2) is 33.8 Å². The number of nitrogens with zero attached hydrogens (tertiary/aromatic N) is 1. The minimum atomic E-state index is -1.24. The van der Waals surface area contributed by atoms with Gasteiger partial charge in [-0.25, -0.2) is 9.59 Å². The molecule has 0 saturated heterocycles. The van der Waals surface area contributed by atoms with Gasteiger partial charge in [-0.05, 0) is 20.3 Å². The average molecular weight is 327 g/mol. The maximum atomic E-state index is 12.0. The van der Waals surface area contributed by atoms with Gasteiger partial charge in [0.1, 0.15) is 10.6 Å². The number of aromatic nitrogens is 2. The predicted octanol–water partition coefficient (Wildman–Crippen LogP) is 0.656. The molecule has 0 aromatic carbocycles. The van der Waals surface area contributed by atoms with Crippen molar-refractivity contribution in [2.45, 2.75) is 50.3 Å². The van der Waals surface area contributed by atoms with Gasteiger partial charge in [0.05, 0.1) is 17.8 Å². The van der Waals surface area contributed by atoms with Gasteiger partial charge >= 0.3 is 11.7 Å². The van der Waals surface area contributed by atoms with Crippen molar-refractivity contribution >= 4 is 23.7 Å². The zero-order chi connectivity index (χ0) is 16.7. The Balaban J connectivity index is 3.18. The summed E-state index contributed by atoms with van der Waals surface area (Å²) < 4.78 is 4.94. The number of ether oxygens (including phenoxy) is 1. The summed E-state index contributed by atoms with van der Waals surface area (Å²) in [5.41, 5.74) is -0.247. The monoisotopic (exact) mass is 327 g/mol. The Bertz CT molecular complexity index is 599. The van der Waals surface area contributed by atoms with E-state index in [4.69, 9.17) is 4.74 Å². The van der Waals surface area contributed by atoms with Crippen LogP contribution < -0.4 is 10.8 Å². The molecule has 0 spiro atoms. The van der Waals surface area contributed by atoms with Crippen molar-refractivity contribution in [1.82, 2.24) is 9.97 Å². The molecule has 0 saturated carbocycles. The lowest BCUT2D eigenvalue weighted by Gasteiger charge is -2.18. The zero-order valence-electron chi connectivity index (χ0n) is 12.8. The number of H-pyrrole nitrogens is 1. The molecule has 122 valence electrons. The Morgan fingerprint density at radius 3 is 2.64 bits per heavy atom. The second-order valence-corrected chi connectivity index (χ2v) is 5.83. The summed E-state index contributed by atoms with van der Waals surface area (Å²) in [5, 5.41) is 10.4. The van der Waals surface area contributed by atoms with Crippen LogP contribution in [0.3, 0.4) is 0 Å². The summed E-state index contributed by atoms with van der Waals surface area (Å²) in [5.74, 6) is -1.88. The largest absolute Gasteiger partial charge is 0.549 e. The summed E-state index contributed by atoms with van der Waals surface area (Å²) in [4.78, 5) is 40.9. The highest BCUT2D eigenvalue weighted by Gasteiger charge is 2.22. The number of unbranched alkanes of at least 4 members (excludes halogenated alkanes) is 1. The number of hydrogen-bond donors (Lipinski definition) is 1. The quantitative estimate of drug-likeness (QED) is 0.424. The van der Waals surface area contributed by atoms with Crippen LogP contribution in [0.25, 0.3) is 0 Å². The van der Waals surface area contributed by atoms with Crippen molar-refractivity contribution in [2.24, 2.45) is 0 Å². The highest BCUT2D eigenvalue weighted by Crippen LogP contribution is 2.28. The number of aromatic amines is 1. The number of thioether (sulfide) groups is 1. The van der Waals surface area contributed by atoms with Gasteiger partial charge in [0.15, 0.2) is 0 Å². The van der Waals surface area contributed by atoms with Crippen molar-refractivity contribution < 1.29 is 19.4 Å². The number of aliphatic carboxylic acids is 1. The van der Waals surface area contributed by atoms with E-state index in [1.807, 2.05) is 6.92 Å². The van der Waals surface area contributed by atoms with Gasteiger partial charge in [0, 0.05) is 5.69 Å². The van der Waals surface area contributed by atoms with E-state index in [0.29, 0.717) is 18.5 Å². The van der Waals surface area contributed by atoms with E-state index in [2.05, 4.69) is 9.97 Å². The number of carboxylic acid groups (broad SMARTS) is 1. The molecule has 1 rings (SSSR count). The van der Waals surface area contributed by atoms with Crippen LogP contribution in [0.15, 0.2) is 9.82 Å². The number of aryl methyl sites for hydroxylation is 1. The molecule has 1 aromatic heterocycles. The average Bonchev–Trinajstić information content (AvgIpc) is 2.42. The van der Waals surface area contributed by atoms with Crippen molar-refractivity contribution in [3.63, 3.8) is 0 Å². The molecule has 1 N–H and O–H groups in total. The Hall–Kier alpha value is -1.83. The standard InChI is InChI=1S/C14H20N2O5S/c1-4-6-7-9(12(17)18)22-11-10(13(19)21-5-2)8(3)15-14(20)16-11/h9H,4-7H2,1-3H3,(H,17,18)(H,15,16,20)/p-1/t9-/m0/s1. The molecule has 0 amide bonds. The van der Waals surface area contributed by atoms with Crippen LogP contribution in [0.2, 0.25) is 0 Å². The Morgan fingerprint density at radius 1 is 1.41 bits per heavy atom. The minimum Gasteiger partial charge on any atom is -0.549 e. The molecule has 0 aliphatic rings. The molecule has 7 nitrogen and oxygen atoms in total. The maximum Gasteiger partial charge on any atom is 0.346 e. The third-order valence-electron chi connectivity index (χ3n) is 2.90. The number of carbonyl (C=O) groups is 2. The number of nitrogens with one attached hydrogen (secondary N) is 1. The van der Waals surface area contributed by atoms with Gasteiger partial charge < -0.3 is 19.6 Å². The van der Waals surface area contributed by atoms with Crippen LogP contribution in [0.4, 0.5) is 0 Å². The van der Waals surface area contributed by atoms with Crippen LogP contribution >= 0.6 is 11.8 Å². The summed E-state index contributed by atoms with van der Waals surface area (Å²) in [6, 6.07) is 0. The lowest BCUT2D eigenvalue weighted by Crippen LogP contribution is -2.34. The number of rotatable bonds is 8. The lowest BCUT2D eigenvalue weighted by molar-refractivity contribution is -0.304. The second kappa shape index (κ2) is 8.57. The first-order chi connectivity index (χ1) is 10.4. The van der Waals surface area contributed by atoms with Crippen molar-refractivity contribution in [3.05, 3.63) is 21.7 Å². The Kier molecular flexibility index (Phi) is 7.10. The number of hydrogen-bond acceptors (Lipinski definition) is 7. The molecule has 1 atom stereocenters. The maximum absolute atomic E-state index is 12.0. The first-order valence-corrected chi connectivity index (χ1v) is 7.94. The Labute approximate surface area is 132 Å². The van der Waals surface area contributed by atoms with E-state index < -0.39 is 22.9 Å². The van der Waals surface area contributed by atoms with E-state index >= 15 is 0 Å². The third-order valence-corrected chi connectivity index (χ3v) is 4.13. The first kappa shape index (κ1) is 18.2. The molecule has 0 aliphatic heterocycles. The molecule has 0 radical (unpaired) electrons. The smallest absolute Gasteiger partial charge is 0.346 e. The highest BCUT2D eigenvalue weighted by molar-refractivity contribution is 8.00. The molecule has 0 fully saturated rings. The molecule has 1 aromatic rings. The predicted molar refractivity (Wildman–Crippen MR) is 79.7 cm³/mol. The molecule has 22 heavy (non-hydrogen) atoms. The van der Waals surface area contributed by atoms with Crippen molar-refractivity contribution in [1.29, 1.82) is 0 Å². The summed E-state index contributed by atoms with van der Waals surface area (Å²) in [6.45, 7) is 5.31. The second-order valence-electron chi connectivity index (χ2n) is 4.64. The van der Waals surface area contributed by atoms with Gasteiger partial charge in [0.25, 0.3) is 0 Å². The molecular weight excluding hydrogens is 308 g/mol. The fourth-order valence-electron chi connectivity index (χ4n) is 1.84. The van der Waals surface area contributed by atoms with Gasteiger partial charge in [-0.1, -0.05) is 31.5 Å². The van der Waals surface area contributed by atoms with E-state index in [1.165, 1.54) is 0 Å². The molecular formula is C14H19N2O5S-. The van der Waals surface area contributed by atoms with Crippen LogP contribution in [0.5, 0.6) is 0 Å². The summed E-state index contributed by atoms with van der Waals surface area (Å²) in [7, 11) is 0. The number of esters is 1. The minimum absolute atomic E-state index is 0.0602. The van der Waals surface area contributed by atoms with Gasteiger partial charge in [-0.3, -0.25) is 0 Å². The third kappa shape index (κ3) is 4.87. The van der Waals surface area contributed by atoms with Crippen LogP contribution in [-0.2, 0) is 9.53 Å². The van der Waals surface area contributed by atoms with Crippen LogP contribution in [0.1, 0.15) is 49.2 Å². The van der Waals surface area contributed by atoms with Gasteiger partial charge in [-0.15, -0.1) is 0 Å². The van der Waals surface area contributed by atoms with E-state index in [1.54, 1.807) is 13.8 Å². The van der Waals surface area contributed by atoms with Crippen LogP contribution in [0, 0.1) is 6.92 Å². The molecule has 1 heterocycles. The fraction of sp³-hybridized carbons (Fsp3) is 0.571. The Morgan fingerprint density at radius 2 is 2.09 bits per heavy atom.